The highest BCUT2D eigenvalue weighted by atomic mass is 16.5. The highest BCUT2D eigenvalue weighted by Gasteiger charge is 2.07. The lowest BCUT2D eigenvalue weighted by Gasteiger charge is -2.12. The van der Waals surface area contributed by atoms with Crippen molar-refractivity contribution >= 4 is 17.3 Å². The van der Waals surface area contributed by atoms with Crippen molar-refractivity contribution in [1.82, 2.24) is 0 Å². The molecule has 0 saturated carbocycles. The van der Waals surface area contributed by atoms with Gasteiger partial charge in [-0.1, -0.05) is 26.0 Å². The van der Waals surface area contributed by atoms with E-state index in [4.69, 9.17) is 9.47 Å². The Kier molecular flexibility index (Phi) is 6.69. The minimum atomic E-state index is -0.0303. The number of amides is 1. The van der Waals surface area contributed by atoms with Gasteiger partial charge in [-0.3, -0.25) is 4.79 Å². The van der Waals surface area contributed by atoms with Crippen molar-refractivity contribution in [1.29, 1.82) is 0 Å². The van der Waals surface area contributed by atoms with E-state index in [-0.39, 0.29) is 5.91 Å². The second kappa shape index (κ2) is 8.97. The maximum Gasteiger partial charge on any atom is 0.226 e. The molecule has 0 fully saturated rings. The number of rotatable bonds is 8. The first-order valence-corrected chi connectivity index (χ1v) is 8.39. The average molecular weight is 342 g/mol. The summed E-state index contributed by atoms with van der Waals surface area (Å²) in [4.78, 5) is 12.1. The summed E-state index contributed by atoms with van der Waals surface area (Å²) in [6.45, 7) is 4.80. The van der Waals surface area contributed by atoms with Crippen LogP contribution in [0, 0.1) is 0 Å². The topological polar surface area (TPSA) is 59.6 Å². The summed E-state index contributed by atoms with van der Waals surface area (Å²) >= 11 is 0. The maximum atomic E-state index is 12.1. The number of carbonyl (C=O) groups excluding carboxylic acids is 1. The standard InChI is InChI=1S/C20H26N2O3/c1-14(2)15-5-7-16(8-6-15)22-20(23)11-12-21-18-10-9-17(24-3)13-19(18)25-4/h5-10,13-14,21H,11-12H2,1-4H3,(H,22,23). The zero-order valence-electron chi connectivity index (χ0n) is 15.3. The molecule has 0 aliphatic carbocycles. The molecule has 0 unspecified atom stereocenters. The van der Waals surface area contributed by atoms with Crippen LogP contribution in [0.25, 0.3) is 0 Å². The minimum absolute atomic E-state index is 0.0303. The first kappa shape index (κ1) is 18.6. The van der Waals surface area contributed by atoms with Gasteiger partial charge in [0.05, 0.1) is 19.9 Å². The molecule has 1 amide bonds. The quantitative estimate of drug-likeness (QED) is 0.752. The van der Waals surface area contributed by atoms with E-state index in [0.717, 1.165) is 17.1 Å². The van der Waals surface area contributed by atoms with Crippen molar-refractivity contribution in [3.63, 3.8) is 0 Å². The third-order valence-electron chi connectivity index (χ3n) is 3.94. The van der Waals surface area contributed by atoms with Crippen LogP contribution in [-0.4, -0.2) is 26.7 Å². The second-order valence-corrected chi connectivity index (χ2v) is 6.07. The molecule has 5 heteroatoms. The Hall–Kier alpha value is -2.69. The molecule has 134 valence electrons. The van der Waals surface area contributed by atoms with E-state index < -0.39 is 0 Å². The summed E-state index contributed by atoms with van der Waals surface area (Å²) in [5, 5.41) is 6.13. The van der Waals surface area contributed by atoms with Gasteiger partial charge in [0.25, 0.3) is 0 Å². The minimum Gasteiger partial charge on any atom is -0.497 e. The Labute approximate surface area is 149 Å². The zero-order chi connectivity index (χ0) is 18.2. The van der Waals surface area contributed by atoms with Crippen LogP contribution in [0.3, 0.4) is 0 Å². The lowest BCUT2D eigenvalue weighted by atomic mass is 10.0. The fraction of sp³-hybridized carbons (Fsp3) is 0.350. The van der Waals surface area contributed by atoms with E-state index in [0.29, 0.717) is 24.6 Å². The van der Waals surface area contributed by atoms with Gasteiger partial charge >= 0.3 is 0 Å². The first-order valence-electron chi connectivity index (χ1n) is 8.39. The molecule has 0 aromatic heterocycles. The summed E-state index contributed by atoms with van der Waals surface area (Å²) in [6, 6.07) is 13.5. The van der Waals surface area contributed by atoms with Gasteiger partial charge in [0.2, 0.25) is 5.91 Å². The number of benzene rings is 2. The van der Waals surface area contributed by atoms with Crippen molar-refractivity contribution in [2.75, 3.05) is 31.4 Å². The molecule has 0 heterocycles. The van der Waals surface area contributed by atoms with Gasteiger partial charge in [-0.05, 0) is 35.7 Å². The third kappa shape index (κ3) is 5.41. The van der Waals surface area contributed by atoms with Crippen LogP contribution in [-0.2, 0) is 4.79 Å². The molecule has 0 saturated heterocycles. The van der Waals surface area contributed by atoms with E-state index in [2.05, 4.69) is 24.5 Å². The Morgan fingerprint density at radius 1 is 1.04 bits per heavy atom. The van der Waals surface area contributed by atoms with E-state index in [9.17, 15) is 4.79 Å². The highest BCUT2D eigenvalue weighted by molar-refractivity contribution is 5.91. The summed E-state index contributed by atoms with van der Waals surface area (Å²) in [6.07, 6.45) is 0.362. The largest absolute Gasteiger partial charge is 0.497 e. The number of hydrogen-bond acceptors (Lipinski definition) is 4. The molecule has 25 heavy (non-hydrogen) atoms. The normalized spacial score (nSPS) is 10.4. The van der Waals surface area contributed by atoms with Crippen molar-refractivity contribution < 1.29 is 14.3 Å². The number of carbonyl (C=O) groups is 1. The summed E-state index contributed by atoms with van der Waals surface area (Å²) in [5.74, 6) is 1.86. The molecule has 0 spiro atoms. The van der Waals surface area contributed by atoms with Crippen LogP contribution in [0.15, 0.2) is 42.5 Å². The predicted molar refractivity (Wildman–Crippen MR) is 102 cm³/mol. The monoisotopic (exact) mass is 342 g/mol. The van der Waals surface area contributed by atoms with Crippen LogP contribution < -0.4 is 20.1 Å². The number of hydrogen-bond donors (Lipinski definition) is 2. The van der Waals surface area contributed by atoms with Crippen LogP contribution in [0.2, 0.25) is 0 Å². The van der Waals surface area contributed by atoms with Gasteiger partial charge in [0.15, 0.2) is 0 Å². The Bertz CT molecular complexity index is 697. The number of methoxy groups -OCH3 is 2. The fourth-order valence-electron chi connectivity index (χ4n) is 2.43. The van der Waals surface area contributed by atoms with E-state index in [1.165, 1.54) is 5.56 Å². The predicted octanol–water partition coefficient (Wildman–Crippen LogP) is 4.27. The van der Waals surface area contributed by atoms with Gasteiger partial charge in [0.1, 0.15) is 11.5 Å². The fourth-order valence-corrected chi connectivity index (χ4v) is 2.43. The Morgan fingerprint density at radius 3 is 2.36 bits per heavy atom. The van der Waals surface area contributed by atoms with Crippen LogP contribution in [0.4, 0.5) is 11.4 Å². The van der Waals surface area contributed by atoms with Gasteiger partial charge in [-0.25, -0.2) is 0 Å². The molecule has 0 aliphatic heterocycles. The zero-order valence-corrected chi connectivity index (χ0v) is 15.3. The molecule has 0 bridgehead atoms. The van der Waals surface area contributed by atoms with Crippen LogP contribution in [0.5, 0.6) is 11.5 Å². The van der Waals surface area contributed by atoms with Crippen LogP contribution >= 0.6 is 0 Å². The lowest BCUT2D eigenvalue weighted by molar-refractivity contribution is -0.115. The molecule has 2 N–H and O–H groups in total. The average Bonchev–Trinajstić information content (AvgIpc) is 2.62. The Morgan fingerprint density at radius 2 is 1.76 bits per heavy atom. The molecule has 5 nitrogen and oxygen atoms in total. The maximum absolute atomic E-state index is 12.1. The second-order valence-electron chi connectivity index (χ2n) is 6.07. The summed E-state index contributed by atoms with van der Waals surface area (Å²) in [7, 11) is 3.22. The van der Waals surface area contributed by atoms with Crippen molar-refractivity contribution in [3.8, 4) is 11.5 Å². The molecular weight excluding hydrogens is 316 g/mol. The third-order valence-corrected chi connectivity index (χ3v) is 3.94. The number of nitrogens with one attached hydrogen (secondary N) is 2. The molecular formula is C20H26N2O3. The summed E-state index contributed by atoms with van der Waals surface area (Å²) < 4.78 is 10.5. The van der Waals surface area contributed by atoms with Gasteiger partial charge in [-0.15, -0.1) is 0 Å². The Balaban J connectivity index is 1.84. The molecule has 2 rings (SSSR count). The van der Waals surface area contributed by atoms with Crippen molar-refractivity contribution in [2.24, 2.45) is 0 Å². The van der Waals surface area contributed by atoms with E-state index >= 15 is 0 Å². The van der Waals surface area contributed by atoms with E-state index in [1.54, 1.807) is 20.3 Å². The lowest BCUT2D eigenvalue weighted by Crippen LogP contribution is -2.16. The molecule has 2 aromatic rings. The smallest absolute Gasteiger partial charge is 0.226 e. The van der Waals surface area contributed by atoms with Crippen molar-refractivity contribution in [2.45, 2.75) is 26.2 Å². The van der Waals surface area contributed by atoms with Crippen LogP contribution in [0.1, 0.15) is 31.7 Å². The SMILES string of the molecule is COc1ccc(NCCC(=O)Nc2ccc(C(C)C)cc2)c(OC)c1. The number of anilines is 2. The van der Waals surface area contributed by atoms with Gasteiger partial charge < -0.3 is 20.1 Å². The van der Waals surface area contributed by atoms with E-state index in [1.807, 2.05) is 36.4 Å². The van der Waals surface area contributed by atoms with Gasteiger partial charge in [0, 0.05) is 24.7 Å². The summed E-state index contributed by atoms with van der Waals surface area (Å²) in [5.41, 5.74) is 2.90. The molecule has 0 radical (unpaired) electrons. The highest BCUT2D eigenvalue weighted by Crippen LogP contribution is 2.28. The number of ether oxygens (including phenoxy) is 2. The molecule has 0 aliphatic rings. The van der Waals surface area contributed by atoms with Crippen molar-refractivity contribution in [3.05, 3.63) is 48.0 Å². The molecule has 2 aromatic carbocycles. The van der Waals surface area contributed by atoms with Gasteiger partial charge in [-0.2, -0.15) is 0 Å². The first-order chi connectivity index (χ1) is 12.0. The molecule has 0 atom stereocenters.